The van der Waals surface area contributed by atoms with Crippen LogP contribution in [0.5, 0.6) is 5.75 Å². The quantitative estimate of drug-likeness (QED) is 0.492. The van der Waals surface area contributed by atoms with Gasteiger partial charge in [-0.25, -0.2) is 4.68 Å². The molecule has 1 N–H and O–H groups in total. The van der Waals surface area contributed by atoms with E-state index in [0.717, 1.165) is 50.7 Å². The Balaban J connectivity index is 1.74. The maximum absolute atomic E-state index is 5.43. The van der Waals surface area contributed by atoms with Crippen molar-refractivity contribution in [2.24, 2.45) is 7.05 Å². The molecule has 0 aliphatic heterocycles. The Kier molecular flexibility index (Phi) is 7.13. The molecule has 0 spiro atoms. The van der Waals surface area contributed by atoms with Gasteiger partial charge in [-0.1, -0.05) is 27.7 Å². The van der Waals surface area contributed by atoms with Crippen LogP contribution in [0.2, 0.25) is 0 Å². The van der Waals surface area contributed by atoms with Gasteiger partial charge in [0.05, 0.1) is 11.6 Å². The minimum atomic E-state index is 0.761. The molecule has 1 heterocycles. The molecule has 0 atom stereocenters. The number of nitrogens with zero attached hydrogens (tertiary/aromatic N) is 4. The molecule has 22 heavy (non-hydrogen) atoms. The molecule has 9 heteroatoms. The number of hydrogen-bond acceptors (Lipinski definition) is 6. The molecule has 6 nitrogen and oxygen atoms in total. The standard InChI is InChI=1S/C13H17Br2N5OS/c1-20-13(17-18-19-20)22-5-3-4-16-8-9-6-10(14)7-11(15)12(9)21-2/h6-7,16H,3-5,8H2,1-2H3. The maximum atomic E-state index is 5.43. The molecule has 0 aliphatic rings. The van der Waals surface area contributed by atoms with E-state index in [2.05, 4.69) is 58.8 Å². The van der Waals surface area contributed by atoms with Gasteiger partial charge in [-0.15, -0.1) is 5.10 Å². The van der Waals surface area contributed by atoms with Crippen molar-refractivity contribution >= 4 is 43.6 Å². The number of aromatic nitrogens is 4. The molecule has 120 valence electrons. The van der Waals surface area contributed by atoms with E-state index in [-0.39, 0.29) is 0 Å². The maximum Gasteiger partial charge on any atom is 0.209 e. The van der Waals surface area contributed by atoms with E-state index in [4.69, 9.17) is 4.74 Å². The number of nitrogens with one attached hydrogen (secondary N) is 1. The fourth-order valence-corrected chi connectivity index (χ4v) is 4.17. The summed E-state index contributed by atoms with van der Waals surface area (Å²) in [4.78, 5) is 0. The summed E-state index contributed by atoms with van der Waals surface area (Å²) in [5, 5.41) is 15.6. The van der Waals surface area contributed by atoms with Crippen molar-refractivity contribution in [3.8, 4) is 5.75 Å². The van der Waals surface area contributed by atoms with Gasteiger partial charge in [-0.2, -0.15) is 0 Å². The highest BCUT2D eigenvalue weighted by Gasteiger charge is 2.09. The Morgan fingerprint density at radius 1 is 1.36 bits per heavy atom. The first-order valence-corrected chi connectivity index (χ1v) is 9.26. The topological polar surface area (TPSA) is 64.9 Å². The van der Waals surface area contributed by atoms with E-state index in [1.54, 1.807) is 23.6 Å². The lowest BCUT2D eigenvalue weighted by molar-refractivity contribution is 0.405. The summed E-state index contributed by atoms with van der Waals surface area (Å²) in [6, 6.07) is 4.05. The highest BCUT2D eigenvalue weighted by molar-refractivity contribution is 9.11. The van der Waals surface area contributed by atoms with Gasteiger partial charge in [0.2, 0.25) is 5.16 Å². The van der Waals surface area contributed by atoms with Crippen molar-refractivity contribution in [3.63, 3.8) is 0 Å². The van der Waals surface area contributed by atoms with Crippen LogP contribution in [0.15, 0.2) is 26.2 Å². The third-order valence-corrected chi connectivity index (χ3v) is 5.06. The largest absolute Gasteiger partial charge is 0.495 e. The second kappa shape index (κ2) is 8.85. The number of tetrazole rings is 1. The van der Waals surface area contributed by atoms with Crippen LogP contribution in [-0.2, 0) is 13.6 Å². The molecule has 0 fully saturated rings. The third kappa shape index (κ3) is 4.94. The Morgan fingerprint density at radius 3 is 2.86 bits per heavy atom. The highest BCUT2D eigenvalue weighted by Crippen LogP contribution is 2.32. The molecule has 1 aromatic carbocycles. The molecular formula is C13H17Br2N5OS. The fraction of sp³-hybridized carbons (Fsp3) is 0.462. The smallest absolute Gasteiger partial charge is 0.209 e. The molecular weight excluding hydrogens is 434 g/mol. The lowest BCUT2D eigenvalue weighted by Crippen LogP contribution is -2.16. The van der Waals surface area contributed by atoms with E-state index >= 15 is 0 Å². The molecule has 0 radical (unpaired) electrons. The van der Waals surface area contributed by atoms with Crippen LogP contribution >= 0.6 is 43.6 Å². The fourth-order valence-electron chi connectivity index (χ4n) is 1.90. The van der Waals surface area contributed by atoms with Crippen molar-refractivity contribution in [1.29, 1.82) is 0 Å². The van der Waals surface area contributed by atoms with E-state index in [0.29, 0.717) is 0 Å². The lowest BCUT2D eigenvalue weighted by atomic mass is 10.2. The van der Waals surface area contributed by atoms with Gasteiger partial charge >= 0.3 is 0 Å². The van der Waals surface area contributed by atoms with Gasteiger partial charge in [0.15, 0.2) is 0 Å². The van der Waals surface area contributed by atoms with Gasteiger partial charge in [-0.05, 0) is 51.5 Å². The molecule has 2 rings (SSSR count). The Morgan fingerprint density at radius 2 is 2.18 bits per heavy atom. The number of halogens is 2. The number of methoxy groups -OCH3 is 1. The number of benzene rings is 1. The molecule has 0 saturated carbocycles. The number of thioether (sulfide) groups is 1. The van der Waals surface area contributed by atoms with E-state index in [9.17, 15) is 0 Å². The van der Waals surface area contributed by atoms with Crippen molar-refractivity contribution in [2.45, 2.75) is 18.1 Å². The van der Waals surface area contributed by atoms with Gasteiger partial charge < -0.3 is 10.1 Å². The van der Waals surface area contributed by atoms with Crippen molar-refractivity contribution < 1.29 is 4.74 Å². The molecule has 0 saturated heterocycles. The van der Waals surface area contributed by atoms with Crippen LogP contribution in [0, 0.1) is 0 Å². The first kappa shape index (κ1) is 17.7. The number of aryl methyl sites for hydroxylation is 1. The Hall–Kier alpha value is -0.640. The minimum Gasteiger partial charge on any atom is -0.495 e. The summed E-state index contributed by atoms with van der Waals surface area (Å²) in [5.41, 5.74) is 1.12. The lowest BCUT2D eigenvalue weighted by Gasteiger charge is -2.12. The van der Waals surface area contributed by atoms with Crippen LogP contribution in [0.3, 0.4) is 0 Å². The van der Waals surface area contributed by atoms with Crippen LogP contribution in [0.4, 0.5) is 0 Å². The van der Waals surface area contributed by atoms with Gasteiger partial charge in [-0.3, -0.25) is 0 Å². The first-order chi connectivity index (χ1) is 10.6. The Bertz CT molecular complexity index is 622. The van der Waals surface area contributed by atoms with Crippen LogP contribution < -0.4 is 10.1 Å². The summed E-state index contributed by atoms with van der Waals surface area (Å²) in [5.74, 6) is 1.84. The summed E-state index contributed by atoms with van der Waals surface area (Å²) in [7, 11) is 3.53. The third-order valence-electron chi connectivity index (χ3n) is 2.92. The average Bonchev–Trinajstić information content (AvgIpc) is 2.87. The second-order valence-corrected chi connectivity index (χ2v) is 7.38. The van der Waals surface area contributed by atoms with Crippen molar-refractivity contribution in [2.75, 3.05) is 19.4 Å². The molecule has 0 amide bonds. The molecule has 0 aliphatic carbocycles. The summed E-state index contributed by atoms with van der Waals surface area (Å²) in [6.07, 6.45) is 1.04. The predicted molar refractivity (Wildman–Crippen MR) is 94.2 cm³/mol. The molecule has 0 unspecified atom stereocenters. The monoisotopic (exact) mass is 449 g/mol. The van der Waals surface area contributed by atoms with E-state index < -0.39 is 0 Å². The highest BCUT2D eigenvalue weighted by atomic mass is 79.9. The zero-order valence-corrected chi connectivity index (χ0v) is 16.3. The van der Waals surface area contributed by atoms with Crippen LogP contribution in [0.1, 0.15) is 12.0 Å². The zero-order chi connectivity index (χ0) is 15.9. The first-order valence-electron chi connectivity index (χ1n) is 6.69. The summed E-state index contributed by atoms with van der Waals surface area (Å²) < 4.78 is 9.10. The number of ether oxygens (including phenoxy) is 1. The summed E-state index contributed by atoms with van der Waals surface area (Å²) in [6.45, 7) is 1.68. The predicted octanol–water partition coefficient (Wildman–Crippen LogP) is 3.02. The molecule has 2 aromatic rings. The van der Waals surface area contributed by atoms with Crippen molar-refractivity contribution in [3.05, 3.63) is 26.6 Å². The van der Waals surface area contributed by atoms with Crippen molar-refractivity contribution in [1.82, 2.24) is 25.5 Å². The van der Waals surface area contributed by atoms with Gasteiger partial charge in [0.1, 0.15) is 5.75 Å². The summed E-state index contributed by atoms with van der Waals surface area (Å²) >= 11 is 8.67. The average molecular weight is 451 g/mol. The van der Waals surface area contributed by atoms with Gasteiger partial charge in [0, 0.05) is 29.4 Å². The van der Waals surface area contributed by atoms with E-state index in [1.165, 1.54) is 0 Å². The van der Waals surface area contributed by atoms with Crippen LogP contribution in [0.25, 0.3) is 0 Å². The van der Waals surface area contributed by atoms with Crippen LogP contribution in [-0.4, -0.2) is 39.6 Å². The van der Waals surface area contributed by atoms with E-state index in [1.807, 2.05) is 13.1 Å². The minimum absolute atomic E-state index is 0.761. The zero-order valence-electron chi connectivity index (χ0n) is 12.3. The molecule has 1 aromatic heterocycles. The van der Waals surface area contributed by atoms with Gasteiger partial charge in [0.25, 0.3) is 0 Å². The SMILES string of the molecule is COc1c(Br)cc(Br)cc1CNCCCSc1nnnn1C. The molecule has 0 bridgehead atoms. The normalized spacial score (nSPS) is 10.9. The number of rotatable bonds is 8. The number of hydrogen-bond donors (Lipinski definition) is 1. The Labute approximate surface area is 150 Å². The second-order valence-electron chi connectivity index (χ2n) is 4.54.